The van der Waals surface area contributed by atoms with Crippen molar-refractivity contribution in [2.75, 3.05) is 11.4 Å². The van der Waals surface area contributed by atoms with E-state index in [0.29, 0.717) is 11.7 Å². The average Bonchev–Trinajstić information content (AvgIpc) is 3.11. The highest BCUT2D eigenvalue weighted by Gasteiger charge is 2.32. The summed E-state index contributed by atoms with van der Waals surface area (Å²) in [7, 11) is 1.84. The molecule has 0 spiro atoms. The highest BCUT2D eigenvalue weighted by molar-refractivity contribution is 8.00. The molecule has 1 aliphatic rings. The molecule has 0 unspecified atom stereocenters. The second-order valence-corrected chi connectivity index (χ2v) is 6.21. The minimum Gasteiger partial charge on any atom is -0.309 e. The van der Waals surface area contributed by atoms with Gasteiger partial charge in [0.2, 0.25) is 11.1 Å². The Kier molecular flexibility index (Phi) is 4.23. The van der Waals surface area contributed by atoms with Gasteiger partial charge in [-0.2, -0.15) is 5.10 Å². The quantitative estimate of drug-likeness (QED) is 0.761. The second-order valence-electron chi connectivity index (χ2n) is 5.04. The van der Waals surface area contributed by atoms with E-state index in [-0.39, 0.29) is 11.2 Å². The van der Waals surface area contributed by atoms with Gasteiger partial charge in [0, 0.05) is 19.8 Å². The molecule has 0 aromatic carbocycles. The standard InChI is InChI=1S/C13H17N7OS/c1-3-6-20-13(15-16-17-20)22-11-5-4-7-19(12(11)21)10-8-14-18(2)9-10/h3,8-9,11H,1,4-7H2,2H3/t11-/m1/s1. The van der Waals surface area contributed by atoms with Gasteiger partial charge in [-0.15, -0.1) is 11.7 Å². The Morgan fingerprint density at radius 2 is 2.41 bits per heavy atom. The summed E-state index contributed by atoms with van der Waals surface area (Å²) in [5.41, 5.74) is 0.837. The third kappa shape index (κ3) is 2.89. The van der Waals surface area contributed by atoms with Crippen molar-refractivity contribution in [2.24, 2.45) is 7.05 Å². The van der Waals surface area contributed by atoms with E-state index in [1.54, 1.807) is 26.5 Å². The van der Waals surface area contributed by atoms with Gasteiger partial charge < -0.3 is 4.90 Å². The van der Waals surface area contributed by atoms with Crippen LogP contribution in [0.3, 0.4) is 0 Å². The molecule has 0 aliphatic carbocycles. The number of hydrogen-bond acceptors (Lipinski definition) is 6. The second kappa shape index (κ2) is 6.30. The maximum Gasteiger partial charge on any atom is 0.240 e. The number of tetrazole rings is 1. The number of carbonyl (C=O) groups excluding carboxylic acids is 1. The number of amides is 1. The lowest BCUT2D eigenvalue weighted by Crippen LogP contribution is -2.43. The molecular weight excluding hydrogens is 302 g/mol. The largest absolute Gasteiger partial charge is 0.309 e. The summed E-state index contributed by atoms with van der Waals surface area (Å²) < 4.78 is 3.35. The van der Waals surface area contributed by atoms with Gasteiger partial charge in [-0.3, -0.25) is 9.48 Å². The van der Waals surface area contributed by atoms with Crippen LogP contribution in [-0.2, 0) is 18.4 Å². The van der Waals surface area contributed by atoms with E-state index in [1.807, 2.05) is 13.2 Å². The zero-order valence-electron chi connectivity index (χ0n) is 12.3. The summed E-state index contributed by atoms with van der Waals surface area (Å²) >= 11 is 1.41. The Morgan fingerprint density at radius 1 is 1.55 bits per heavy atom. The maximum atomic E-state index is 12.7. The predicted molar refractivity (Wildman–Crippen MR) is 82.5 cm³/mol. The van der Waals surface area contributed by atoms with E-state index in [1.165, 1.54) is 11.8 Å². The minimum absolute atomic E-state index is 0.0809. The Labute approximate surface area is 132 Å². The molecule has 22 heavy (non-hydrogen) atoms. The van der Waals surface area contributed by atoms with Crippen LogP contribution in [0.4, 0.5) is 5.69 Å². The van der Waals surface area contributed by atoms with Crippen molar-refractivity contribution < 1.29 is 4.79 Å². The van der Waals surface area contributed by atoms with Crippen molar-refractivity contribution in [3.05, 3.63) is 25.0 Å². The van der Waals surface area contributed by atoms with Crippen LogP contribution in [0.25, 0.3) is 0 Å². The highest BCUT2D eigenvalue weighted by Crippen LogP contribution is 2.31. The highest BCUT2D eigenvalue weighted by atomic mass is 32.2. The van der Waals surface area contributed by atoms with Crippen LogP contribution in [0.1, 0.15) is 12.8 Å². The number of nitrogens with zero attached hydrogens (tertiary/aromatic N) is 7. The topological polar surface area (TPSA) is 81.7 Å². The number of allylic oxidation sites excluding steroid dienone is 1. The molecular formula is C13H17N7OS. The van der Waals surface area contributed by atoms with Crippen molar-refractivity contribution in [1.29, 1.82) is 0 Å². The summed E-state index contributed by atoms with van der Waals surface area (Å²) in [5.74, 6) is 0.0809. The van der Waals surface area contributed by atoms with Crippen molar-refractivity contribution in [1.82, 2.24) is 30.0 Å². The van der Waals surface area contributed by atoms with Gasteiger partial charge in [0.05, 0.1) is 23.7 Å². The van der Waals surface area contributed by atoms with Gasteiger partial charge in [0.25, 0.3) is 0 Å². The smallest absolute Gasteiger partial charge is 0.240 e. The summed E-state index contributed by atoms with van der Waals surface area (Å²) in [6.45, 7) is 4.93. The Balaban J connectivity index is 1.75. The van der Waals surface area contributed by atoms with Crippen molar-refractivity contribution in [2.45, 2.75) is 29.8 Å². The molecule has 2 aromatic rings. The normalized spacial score (nSPS) is 18.7. The number of aromatic nitrogens is 6. The number of rotatable bonds is 5. The Morgan fingerprint density at radius 3 is 3.14 bits per heavy atom. The van der Waals surface area contributed by atoms with Crippen LogP contribution in [0.15, 0.2) is 30.2 Å². The third-order valence-corrected chi connectivity index (χ3v) is 4.67. The predicted octanol–water partition coefficient (Wildman–Crippen LogP) is 0.880. The third-order valence-electron chi connectivity index (χ3n) is 3.44. The lowest BCUT2D eigenvalue weighted by molar-refractivity contribution is -0.119. The zero-order valence-corrected chi connectivity index (χ0v) is 13.1. The van der Waals surface area contributed by atoms with E-state index in [0.717, 1.165) is 25.1 Å². The van der Waals surface area contributed by atoms with E-state index in [9.17, 15) is 4.79 Å². The van der Waals surface area contributed by atoms with Crippen LogP contribution in [0.5, 0.6) is 0 Å². The fourth-order valence-corrected chi connectivity index (χ4v) is 3.48. The molecule has 3 heterocycles. The first-order valence-electron chi connectivity index (χ1n) is 7.03. The average molecular weight is 319 g/mol. The van der Waals surface area contributed by atoms with Crippen LogP contribution in [0.2, 0.25) is 0 Å². The van der Waals surface area contributed by atoms with Crippen LogP contribution < -0.4 is 4.90 Å². The molecule has 1 amide bonds. The summed E-state index contributed by atoms with van der Waals surface area (Å²) in [4.78, 5) is 14.5. The molecule has 9 heteroatoms. The Hall–Kier alpha value is -2.16. The molecule has 3 rings (SSSR count). The van der Waals surface area contributed by atoms with Gasteiger partial charge in [0.15, 0.2) is 0 Å². The summed E-state index contributed by atoms with van der Waals surface area (Å²) in [5, 5.41) is 16.2. The van der Waals surface area contributed by atoms with Crippen LogP contribution in [0, 0.1) is 0 Å². The molecule has 0 bridgehead atoms. The van der Waals surface area contributed by atoms with Gasteiger partial charge in [-0.05, 0) is 23.3 Å². The SMILES string of the molecule is C=CCn1nnnc1S[C@@H]1CCCN(c2cnn(C)c2)C1=O. The van der Waals surface area contributed by atoms with Crippen molar-refractivity contribution >= 4 is 23.4 Å². The zero-order chi connectivity index (χ0) is 15.5. The molecule has 1 aliphatic heterocycles. The van der Waals surface area contributed by atoms with E-state index in [4.69, 9.17) is 0 Å². The van der Waals surface area contributed by atoms with E-state index < -0.39 is 0 Å². The fraction of sp³-hybridized carbons (Fsp3) is 0.462. The fourth-order valence-electron chi connectivity index (χ4n) is 2.40. The lowest BCUT2D eigenvalue weighted by Gasteiger charge is -2.30. The van der Waals surface area contributed by atoms with Crippen LogP contribution >= 0.6 is 11.8 Å². The molecule has 116 valence electrons. The van der Waals surface area contributed by atoms with Crippen molar-refractivity contribution in [3.8, 4) is 0 Å². The number of carbonyl (C=O) groups is 1. The van der Waals surface area contributed by atoms with Gasteiger partial charge in [-0.25, -0.2) is 4.68 Å². The summed E-state index contributed by atoms with van der Waals surface area (Å²) in [6.07, 6.45) is 7.06. The minimum atomic E-state index is -0.177. The maximum absolute atomic E-state index is 12.7. The number of aryl methyl sites for hydroxylation is 1. The molecule has 0 saturated carbocycles. The number of hydrogen-bond donors (Lipinski definition) is 0. The molecule has 8 nitrogen and oxygen atoms in total. The first-order chi connectivity index (χ1) is 10.7. The molecule has 1 saturated heterocycles. The molecule has 1 fully saturated rings. The van der Waals surface area contributed by atoms with E-state index in [2.05, 4.69) is 27.2 Å². The number of thioether (sulfide) groups is 1. The van der Waals surface area contributed by atoms with Gasteiger partial charge in [0.1, 0.15) is 0 Å². The number of anilines is 1. The summed E-state index contributed by atoms with van der Waals surface area (Å²) in [6, 6.07) is 0. The molecule has 1 atom stereocenters. The van der Waals surface area contributed by atoms with Gasteiger partial charge >= 0.3 is 0 Å². The Bertz CT molecular complexity index is 679. The van der Waals surface area contributed by atoms with Crippen molar-refractivity contribution in [3.63, 3.8) is 0 Å². The molecule has 0 radical (unpaired) electrons. The van der Waals surface area contributed by atoms with Gasteiger partial charge in [-0.1, -0.05) is 17.8 Å². The monoisotopic (exact) mass is 319 g/mol. The number of piperidine rings is 1. The molecule has 0 N–H and O–H groups in total. The van der Waals surface area contributed by atoms with Crippen LogP contribution in [-0.4, -0.2) is 47.7 Å². The lowest BCUT2D eigenvalue weighted by atomic mass is 10.1. The van der Waals surface area contributed by atoms with E-state index >= 15 is 0 Å². The molecule has 2 aromatic heterocycles. The first kappa shape index (κ1) is 14.8. The first-order valence-corrected chi connectivity index (χ1v) is 7.90.